The second kappa shape index (κ2) is 12.0. The first-order valence-electron chi connectivity index (χ1n) is 10.6. The zero-order valence-electron chi connectivity index (χ0n) is 18.4. The minimum atomic E-state index is -0.697. The van der Waals surface area contributed by atoms with Crippen molar-refractivity contribution < 1.29 is 23.9 Å². The van der Waals surface area contributed by atoms with Crippen LogP contribution in [0.3, 0.4) is 0 Å². The van der Waals surface area contributed by atoms with Crippen LogP contribution in [0.15, 0.2) is 78.9 Å². The minimum Gasteiger partial charge on any atom is -0.492 e. The number of hydrogen-bond acceptors (Lipinski definition) is 5. The number of ether oxygens (including phenoxy) is 2. The lowest BCUT2D eigenvalue weighted by Crippen LogP contribution is -2.32. The molecule has 0 spiro atoms. The average Bonchev–Trinajstić information content (AvgIpc) is 2.81. The van der Waals surface area contributed by atoms with E-state index >= 15 is 0 Å². The van der Waals surface area contributed by atoms with Crippen LogP contribution in [-0.4, -0.2) is 37.5 Å². The van der Waals surface area contributed by atoms with Crippen LogP contribution < -0.4 is 15.4 Å². The minimum absolute atomic E-state index is 0.175. The van der Waals surface area contributed by atoms with E-state index in [2.05, 4.69) is 10.6 Å². The van der Waals surface area contributed by atoms with Gasteiger partial charge in [0.05, 0.1) is 24.2 Å². The lowest BCUT2D eigenvalue weighted by Gasteiger charge is -2.11. The third-order valence-electron chi connectivity index (χ3n) is 4.65. The number of carbonyl (C=O) groups is 3. The highest BCUT2D eigenvalue weighted by molar-refractivity contribution is 6.02. The van der Waals surface area contributed by atoms with Gasteiger partial charge in [-0.1, -0.05) is 54.6 Å². The summed E-state index contributed by atoms with van der Waals surface area (Å²) in [5.41, 5.74) is 2.45. The molecule has 0 aliphatic rings. The van der Waals surface area contributed by atoms with Crippen LogP contribution in [0.5, 0.6) is 5.75 Å². The van der Waals surface area contributed by atoms with Gasteiger partial charge in [0.1, 0.15) is 12.4 Å². The molecule has 0 bridgehead atoms. The summed E-state index contributed by atoms with van der Waals surface area (Å²) in [6.07, 6.45) is 0.178. The molecule has 3 aromatic carbocycles. The van der Waals surface area contributed by atoms with Gasteiger partial charge in [0.2, 0.25) is 5.91 Å². The van der Waals surface area contributed by atoms with Crippen molar-refractivity contribution in [2.24, 2.45) is 0 Å². The van der Waals surface area contributed by atoms with Gasteiger partial charge in [0, 0.05) is 0 Å². The molecule has 7 heteroatoms. The number of anilines is 1. The summed E-state index contributed by atoms with van der Waals surface area (Å²) in [6, 6.07) is 23.4. The number of esters is 1. The SMILES string of the molecule is Cc1cccc(OCCNC(=O)COC(=O)c2ccccc2NC(=O)Cc2ccccc2)c1. The van der Waals surface area contributed by atoms with Gasteiger partial charge in [-0.2, -0.15) is 0 Å². The maximum atomic E-state index is 12.5. The fourth-order valence-corrected chi connectivity index (χ4v) is 3.07. The van der Waals surface area contributed by atoms with E-state index in [1.165, 1.54) is 6.07 Å². The Labute approximate surface area is 192 Å². The maximum absolute atomic E-state index is 12.5. The molecule has 0 aromatic heterocycles. The Bertz CT molecular complexity index is 1100. The molecule has 2 amide bonds. The molecule has 0 fully saturated rings. The normalized spacial score (nSPS) is 10.2. The molecule has 170 valence electrons. The van der Waals surface area contributed by atoms with Crippen molar-refractivity contribution in [1.82, 2.24) is 5.32 Å². The standard InChI is InChI=1S/C26H26N2O5/c1-19-8-7-11-21(16-19)32-15-14-27-25(30)18-33-26(31)22-12-5-6-13-23(22)28-24(29)17-20-9-3-2-4-10-20/h2-13,16H,14-15,17-18H2,1H3,(H,27,30)(H,28,29). The van der Waals surface area contributed by atoms with E-state index in [1.807, 2.05) is 61.5 Å². The first kappa shape index (κ1) is 23.5. The van der Waals surface area contributed by atoms with Gasteiger partial charge in [-0.05, 0) is 42.3 Å². The number of aryl methyl sites for hydroxylation is 1. The topological polar surface area (TPSA) is 93.7 Å². The summed E-state index contributed by atoms with van der Waals surface area (Å²) in [7, 11) is 0. The highest BCUT2D eigenvalue weighted by Gasteiger charge is 2.16. The van der Waals surface area contributed by atoms with Crippen LogP contribution in [0.1, 0.15) is 21.5 Å². The molecular formula is C26H26N2O5. The number of amides is 2. The zero-order chi connectivity index (χ0) is 23.5. The molecule has 0 unspecified atom stereocenters. The van der Waals surface area contributed by atoms with Crippen LogP contribution >= 0.6 is 0 Å². The highest BCUT2D eigenvalue weighted by Crippen LogP contribution is 2.17. The quantitative estimate of drug-likeness (QED) is 0.367. The number of benzene rings is 3. The van der Waals surface area contributed by atoms with Crippen molar-refractivity contribution in [2.75, 3.05) is 25.1 Å². The number of nitrogens with one attached hydrogen (secondary N) is 2. The van der Waals surface area contributed by atoms with Gasteiger partial charge in [0.15, 0.2) is 6.61 Å². The second-order valence-corrected chi connectivity index (χ2v) is 7.35. The van der Waals surface area contributed by atoms with Gasteiger partial charge >= 0.3 is 5.97 Å². The van der Waals surface area contributed by atoms with Crippen molar-refractivity contribution in [3.05, 3.63) is 95.6 Å². The third-order valence-corrected chi connectivity index (χ3v) is 4.65. The predicted octanol–water partition coefficient (Wildman–Crippen LogP) is 3.53. The average molecular weight is 447 g/mol. The fourth-order valence-electron chi connectivity index (χ4n) is 3.07. The van der Waals surface area contributed by atoms with E-state index < -0.39 is 18.5 Å². The first-order valence-corrected chi connectivity index (χ1v) is 10.6. The zero-order valence-corrected chi connectivity index (χ0v) is 18.4. The predicted molar refractivity (Wildman–Crippen MR) is 125 cm³/mol. The molecule has 0 aliphatic heterocycles. The summed E-state index contributed by atoms with van der Waals surface area (Å²) in [4.78, 5) is 36.8. The van der Waals surface area contributed by atoms with Crippen molar-refractivity contribution in [2.45, 2.75) is 13.3 Å². The Morgan fingerprint density at radius 2 is 1.61 bits per heavy atom. The van der Waals surface area contributed by atoms with Crippen molar-refractivity contribution in [1.29, 1.82) is 0 Å². The summed E-state index contributed by atoms with van der Waals surface area (Å²) >= 11 is 0. The van der Waals surface area contributed by atoms with Crippen molar-refractivity contribution in [3.8, 4) is 5.75 Å². The largest absolute Gasteiger partial charge is 0.492 e. The molecular weight excluding hydrogens is 420 g/mol. The Morgan fingerprint density at radius 3 is 2.39 bits per heavy atom. The van der Waals surface area contributed by atoms with E-state index in [1.54, 1.807) is 18.2 Å². The first-order chi connectivity index (χ1) is 16.0. The van der Waals surface area contributed by atoms with Gasteiger partial charge in [-0.3, -0.25) is 9.59 Å². The van der Waals surface area contributed by atoms with Crippen molar-refractivity contribution >= 4 is 23.5 Å². The van der Waals surface area contributed by atoms with Crippen LogP contribution in [0.2, 0.25) is 0 Å². The van der Waals surface area contributed by atoms with E-state index in [0.717, 1.165) is 16.9 Å². The molecule has 0 radical (unpaired) electrons. The van der Waals surface area contributed by atoms with E-state index in [-0.39, 0.29) is 24.4 Å². The molecule has 0 saturated carbocycles. The van der Waals surface area contributed by atoms with Crippen LogP contribution in [-0.2, 0) is 20.7 Å². The van der Waals surface area contributed by atoms with Crippen LogP contribution in [0.4, 0.5) is 5.69 Å². The number of hydrogen-bond donors (Lipinski definition) is 2. The van der Waals surface area contributed by atoms with Crippen LogP contribution in [0.25, 0.3) is 0 Å². The Balaban J connectivity index is 1.44. The lowest BCUT2D eigenvalue weighted by molar-refractivity contribution is -0.124. The molecule has 0 saturated heterocycles. The van der Waals surface area contributed by atoms with E-state index in [9.17, 15) is 14.4 Å². The molecule has 0 aliphatic carbocycles. The second-order valence-electron chi connectivity index (χ2n) is 7.35. The Hall–Kier alpha value is -4.13. The van der Waals surface area contributed by atoms with E-state index in [0.29, 0.717) is 12.3 Å². The lowest BCUT2D eigenvalue weighted by atomic mass is 10.1. The number of rotatable bonds is 10. The molecule has 3 rings (SSSR count). The molecule has 7 nitrogen and oxygen atoms in total. The van der Waals surface area contributed by atoms with Gasteiger partial charge in [-0.25, -0.2) is 4.79 Å². The summed E-state index contributed by atoms with van der Waals surface area (Å²) < 4.78 is 10.7. The Kier molecular flexibility index (Phi) is 8.59. The summed E-state index contributed by atoms with van der Waals surface area (Å²) in [5.74, 6) is -0.673. The van der Waals surface area contributed by atoms with E-state index in [4.69, 9.17) is 9.47 Å². The third kappa shape index (κ3) is 7.81. The molecule has 2 N–H and O–H groups in total. The monoisotopic (exact) mass is 446 g/mol. The smallest absolute Gasteiger partial charge is 0.340 e. The maximum Gasteiger partial charge on any atom is 0.340 e. The highest BCUT2D eigenvalue weighted by atomic mass is 16.5. The van der Waals surface area contributed by atoms with Gasteiger partial charge < -0.3 is 20.1 Å². The Morgan fingerprint density at radius 1 is 0.848 bits per heavy atom. The molecule has 0 atom stereocenters. The number of carbonyl (C=O) groups excluding carboxylic acids is 3. The van der Waals surface area contributed by atoms with Gasteiger partial charge in [0.25, 0.3) is 5.91 Å². The molecule has 33 heavy (non-hydrogen) atoms. The van der Waals surface area contributed by atoms with Crippen LogP contribution in [0, 0.1) is 6.92 Å². The fraction of sp³-hybridized carbons (Fsp3) is 0.192. The van der Waals surface area contributed by atoms with Gasteiger partial charge in [-0.15, -0.1) is 0 Å². The number of para-hydroxylation sites is 1. The van der Waals surface area contributed by atoms with Crippen molar-refractivity contribution in [3.63, 3.8) is 0 Å². The molecule has 3 aromatic rings. The summed E-state index contributed by atoms with van der Waals surface area (Å²) in [5, 5.41) is 5.37. The summed E-state index contributed by atoms with van der Waals surface area (Å²) in [6.45, 7) is 2.10. The molecule has 0 heterocycles.